The molecule has 0 saturated heterocycles. The highest BCUT2D eigenvalue weighted by Gasteiger charge is 2.54. The standard InChI is InChI=1S/C25H23NO7S/c1-32-21-14-16(12-13-26-34(30,31)17-8-4-3-5-9-17)20(15-22(21)33-2)25(29)23(27)18-10-6-7-11-19(18)24(25)28/h3-11,14-15,26,29H,12-13H2,1-2H3. The van der Waals surface area contributed by atoms with E-state index in [1.54, 1.807) is 30.3 Å². The van der Waals surface area contributed by atoms with Gasteiger partial charge in [0.15, 0.2) is 11.5 Å². The number of hydrogen-bond donors (Lipinski definition) is 2. The van der Waals surface area contributed by atoms with Gasteiger partial charge in [0.2, 0.25) is 27.2 Å². The van der Waals surface area contributed by atoms with Crippen molar-refractivity contribution in [1.82, 2.24) is 4.72 Å². The molecule has 3 aromatic carbocycles. The zero-order valence-electron chi connectivity index (χ0n) is 18.6. The first kappa shape index (κ1) is 23.6. The van der Waals surface area contributed by atoms with Gasteiger partial charge in [0, 0.05) is 23.2 Å². The van der Waals surface area contributed by atoms with Gasteiger partial charge in [-0.15, -0.1) is 0 Å². The van der Waals surface area contributed by atoms with Gasteiger partial charge in [-0.25, -0.2) is 13.1 Å². The zero-order chi connectivity index (χ0) is 24.5. The summed E-state index contributed by atoms with van der Waals surface area (Å²) < 4.78 is 38.4. The maximum absolute atomic E-state index is 13.2. The van der Waals surface area contributed by atoms with Crippen LogP contribution in [0.1, 0.15) is 31.8 Å². The molecule has 0 saturated carbocycles. The highest BCUT2D eigenvalue weighted by molar-refractivity contribution is 7.89. The molecular formula is C25H23NO7S. The molecule has 0 atom stereocenters. The lowest BCUT2D eigenvalue weighted by Crippen LogP contribution is -2.39. The predicted molar refractivity (Wildman–Crippen MR) is 124 cm³/mol. The molecule has 0 aliphatic heterocycles. The fourth-order valence-electron chi connectivity index (χ4n) is 4.08. The minimum Gasteiger partial charge on any atom is -0.493 e. The normalized spacial score (nSPS) is 14.7. The van der Waals surface area contributed by atoms with Crippen LogP contribution >= 0.6 is 0 Å². The molecule has 0 bridgehead atoms. The Kier molecular flexibility index (Phi) is 6.26. The van der Waals surface area contributed by atoms with E-state index in [4.69, 9.17) is 9.47 Å². The van der Waals surface area contributed by atoms with Gasteiger partial charge in [-0.05, 0) is 36.2 Å². The summed E-state index contributed by atoms with van der Waals surface area (Å²) in [6, 6.07) is 17.0. The second-order valence-electron chi connectivity index (χ2n) is 7.74. The number of nitrogens with one attached hydrogen (secondary N) is 1. The Morgan fingerprint density at radius 1 is 0.853 bits per heavy atom. The molecule has 0 aromatic heterocycles. The number of carbonyl (C=O) groups is 2. The van der Waals surface area contributed by atoms with Crippen molar-refractivity contribution in [1.29, 1.82) is 0 Å². The lowest BCUT2D eigenvalue weighted by molar-refractivity contribution is 0.0317. The third kappa shape index (κ3) is 3.87. The Bertz CT molecular complexity index is 1330. The Morgan fingerprint density at radius 2 is 1.38 bits per heavy atom. The number of carbonyl (C=O) groups excluding carboxylic acids is 2. The van der Waals surface area contributed by atoms with Crippen LogP contribution in [0, 0.1) is 0 Å². The van der Waals surface area contributed by atoms with Gasteiger partial charge >= 0.3 is 0 Å². The largest absolute Gasteiger partial charge is 0.493 e. The first-order chi connectivity index (χ1) is 16.2. The quantitative estimate of drug-likeness (QED) is 0.475. The molecule has 2 N–H and O–H groups in total. The van der Waals surface area contributed by atoms with Gasteiger partial charge in [0.1, 0.15) is 0 Å². The van der Waals surface area contributed by atoms with E-state index in [9.17, 15) is 23.1 Å². The minimum atomic E-state index is -3.77. The summed E-state index contributed by atoms with van der Waals surface area (Å²) in [6.07, 6.45) is 0.0704. The van der Waals surface area contributed by atoms with Crippen molar-refractivity contribution in [2.24, 2.45) is 0 Å². The van der Waals surface area contributed by atoms with Crippen molar-refractivity contribution in [3.8, 4) is 11.5 Å². The predicted octanol–water partition coefficient (Wildman–Crippen LogP) is 2.49. The first-order valence-corrected chi connectivity index (χ1v) is 11.9. The topological polar surface area (TPSA) is 119 Å². The van der Waals surface area contributed by atoms with Crippen LogP contribution < -0.4 is 14.2 Å². The van der Waals surface area contributed by atoms with Crippen LogP contribution in [0.2, 0.25) is 0 Å². The minimum absolute atomic E-state index is 0.0234. The molecule has 176 valence electrons. The number of rotatable bonds is 8. The number of benzene rings is 3. The molecule has 0 radical (unpaired) electrons. The SMILES string of the molecule is COc1cc(CCNS(=O)(=O)c2ccccc2)c(C2(O)C(=O)c3ccccc3C2=O)cc1OC. The molecule has 0 heterocycles. The Labute approximate surface area is 197 Å². The number of hydrogen-bond acceptors (Lipinski definition) is 7. The smallest absolute Gasteiger partial charge is 0.240 e. The lowest BCUT2D eigenvalue weighted by Gasteiger charge is -2.24. The maximum atomic E-state index is 13.2. The van der Waals surface area contributed by atoms with E-state index in [1.165, 1.54) is 50.6 Å². The van der Waals surface area contributed by atoms with E-state index in [1.807, 2.05) is 0 Å². The Hall–Kier alpha value is -3.53. The van der Waals surface area contributed by atoms with E-state index >= 15 is 0 Å². The Morgan fingerprint density at radius 3 is 1.94 bits per heavy atom. The number of Topliss-reactive ketones (excluding diaryl/α,β-unsaturated/α-hetero) is 2. The number of ether oxygens (including phenoxy) is 2. The highest BCUT2D eigenvalue weighted by atomic mass is 32.2. The summed E-state index contributed by atoms with van der Waals surface area (Å²) in [6.45, 7) is -0.0505. The molecule has 0 fully saturated rings. The van der Waals surface area contributed by atoms with E-state index in [2.05, 4.69) is 4.72 Å². The van der Waals surface area contributed by atoms with Gasteiger partial charge in [0.05, 0.1) is 19.1 Å². The van der Waals surface area contributed by atoms with E-state index in [0.29, 0.717) is 11.3 Å². The van der Waals surface area contributed by atoms with Gasteiger partial charge in [0.25, 0.3) is 0 Å². The van der Waals surface area contributed by atoms with Crippen LogP contribution in [0.25, 0.3) is 0 Å². The average Bonchev–Trinajstić information content (AvgIpc) is 3.06. The summed E-state index contributed by atoms with van der Waals surface area (Å²) in [7, 11) is -0.952. The van der Waals surface area contributed by atoms with Crippen LogP contribution in [0.3, 0.4) is 0 Å². The molecule has 8 nitrogen and oxygen atoms in total. The van der Waals surface area contributed by atoms with Gasteiger partial charge < -0.3 is 14.6 Å². The first-order valence-electron chi connectivity index (χ1n) is 10.4. The van der Waals surface area contributed by atoms with Crippen molar-refractivity contribution in [3.05, 3.63) is 89.0 Å². The van der Waals surface area contributed by atoms with Crippen LogP contribution in [-0.2, 0) is 22.0 Å². The lowest BCUT2D eigenvalue weighted by atomic mass is 9.84. The molecule has 9 heteroatoms. The van der Waals surface area contributed by atoms with Crippen LogP contribution in [-0.4, -0.2) is 45.9 Å². The summed E-state index contributed by atoms with van der Waals surface area (Å²) in [4.78, 5) is 26.5. The van der Waals surface area contributed by atoms with E-state index < -0.39 is 27.2 Å². The number of ketones is 2. The van der Waals surface area contributed by atoms with Crippen molar-refractivity contribution >= 4 is 21.6 Å². The Balaban J connectivity index is 1.72. The van der Waals surface area contributed by atoms with E-state index in [-0.39, 0.29) is 40.3 Å². The molecule has 1 aliphatic rings. The van der Waals surface area contributed by atoms with Gasteiger partial charge in [-0.2, -0.15) is 0 Å². The molecule has 0 unspecified atom stereocenters. The number of methoxy groups -OCH3 is 2. The monoisotopic (exact) mass is 481 g/mol. The number of aliphatic hydroxyl groups is 1. The summed E-state index contributed by atoms with van der Waals surface area (Å²) >= 11 is 0. The molecular weight excluding hydrogens is 458 g/mol. The summed E-state index contributed by atoms with van der Waals surface area (Å²) in [5, 5.41) is 11.5. The second-order valence-corrected chi connectivity index (χ2v) is 9.51. The third-order valence-corrected chi connectivity index (χ3v) is 7.29. The number of sulfonamides is 1. The summed E-state index contributed by atoms with van der Waals surface area (Å²) in [5.41, 5.74) is -1.82. The fourth-order valence-corrected chi connectivity index (χ4v) is 5.14. The van der Waals surface area contributed by atoms with Crippen LogP contribution in [0.15, 0.2) is 71.6 Å². The third-order valence-electron chi connectivity index (χ3n) is 5.81. The zero-order valence-corrected chi connectivity index (χ0v) is 19.4. The van der Waals surface area contributed by atoms with Crippen molar-refractivity contribution < 1.29 is 32.6 Å². The van der Waals surface area contributed by atoms with Crippen molar-refractivity contribution in [2.45, 2.75) is 16.9 Å². The van der Waals surface area contributed by atoms with E-state index in [0.717, 1.165) is 0 Å². The second kappa shape index (κ2) is 9.02. The summed E-state index contributed by atoms with van der Waals surface area (Å²) in [5.74, 6) is -0.958. The van der Waals surface area contributed by atoms with Crippen LogP contribution in [0.4, 0.5) is 0 Å². The molecule has 0 spiro atoms. The molecule has 1 aliphatic carbocycles. The highest BCUT2D eigenvalue weighted by Crippen LogP contribution is 2.42. The molecule has 34 heavy (non-hydrogen) atoms. The molecule has 4 rings (SSSR count). The molecule has 0 amide bonds. The van der Waals surface area contributed by atoms with Crippen LogP contribution in [0.5, 0.6) is 11.5 Å². The average molecular weight is 482 g/mol. The maximum Gasteiger partial charge on any atom is 0.240 e. The van der Waals surface area contributed by atoms with Gasteiger partial charge in [-0.1, -0.05) is 42.5 Å². The van der Waals surface area contributed by atoms with Crippen molar-refractivity contribution in [3.63, 3.8) is 0 Å². The van der Waals surface area contributed by atoms with Crippen molar-refractivity contribution in [2.75, 3.05) is 20.8 Å². The number of fused-ring (bicyclic) bond motifs is 1. The fraction of sp³-hybridized carbons (Fsp3) is 0.200. The molecule has 3 aromatic rings. The van der Waals surface area contributed by atoms with Gasteiger partial charge in [-0.3, -0.25) is 9.59 Å².